The summed E-state index contributed by atoms with van der Waals surface area (Å²) in [6.07, 6.45) is 4.57. The number of hydrogen-bond acceptors (Lipinski definition) is 2. The van der Waals surface area contributed by atoms with Crippen LogP contribution in [0.1, 0.15) is 31.4 Å². The molecule has 0 unspecified atom stereocenters. The van der Waals surface area contributed by atoms with Gasteiger partial charge in [-0.15, -0.1) is 0 Å². The molecular formula is C16H18ClNO3. The van der Waals surface area contributed by atoms with Crippen LogP contribution in [0.5, 0.6) is 0 Å². The van der Waals surface area contributed by atoms with Crippen LogP contribution in [0, 0.1) is 11.8 Å². The lowest BCUT2D eigenvalue weighted by Gasteiger charge is -2.26. The first-order valence-electron chi connectivity index (χ1n) is 6.92. The van der Waals surface area contributed by atoms with Crippen molar-refractivity contribution in [3.05, 3.63) is 47.0 Å². The molecule has 1 aliphatic rings. The summed E-state index contributed by atoms with van der Waals surface area (Å²) in [4.78, 5) is 23.6. The van der Waals surface area contributed by atoms with Crippen molar-refractivity contribution >= 4 is 23.5 Å². The Morgan fingerprint density at radius 2 is 1.76 bits per heavy atom. The van der Waals surface area contributed by atoms with Gasteiger partial charge in [-0.25, -0.2) is 0 Å². The van der Waals surface area contributed by atoms with Crippen molar-refractivity contribution in [2.45, 2.75) is 25.8 Å². The van der Waals surface area contributed by atoms with Crippen LogP contribution >= 0.6 is 11.6 Å². The van der Waals surface area contributed by atoms with Crippen molar-refractivity contribution in [3.63, 3.8) is 0 Å². The number of amides is 1. The molecule has 0 saturated heterocycles. The van der Waals surface area contributed by atoms with E-state index >= 15 is 0 Å². The second-order valence-electron chi connectivity index (χ2n) is 5.28. The molecule has 0 radical (unpaired) electrons. The molecule has 1 amide bonds. The largest absolute Gasteiger partial charge is 0.481 e. The molecule has 0 heterocycles. The minimum Gasteiger partial charge on any atom is -0.481 e. The Morgan fingerprint density at radius 1 is 1.19 bits per heavy atom. The van der Waals surface area contributed by atoms with Crippen LogP contribution in [0.3, 0.4) is 0 Å². The van der Waals surface area contributed by atoms with Crippen LogP contribution in [-0.4, -0.2) is 17.0 Å². The molecule has 1 aromatic rings. The van der Waals surface area contributed by atoms with E-state index in [9.17, 15) is 14.7 Å². The van der Waals surface area contributed by atoms with Crippen molar-refractivity contribution in [1.82, 2.24) is 5.32 Å². The molecule has 0 aromatic heterocycles. The van der Waals surface area contributed by atoms with E-state index in [0.717, 1.165) is 5.56 Å². The van der Waals surface area contributed by atoms with E-state index in [1.54, 1.807) is 12.1 Å². The number of rotatable bonds is 4. The molecule has 0 saturated carbocycles. The minimum absolute atomic E-state index is 0.185. The Hall–Kier alpha value is -1.81. The lowest BCUT2D eigenvalue weighted by molar-refractivity contribution is -0.147. The molecule has 1 aliphatic carbocycles. The van der Waals surface area contributed by atoms with Crippen LogP contribution in [0.2, 0.25) is 5.02 Å². The van der Waals surface area contributed by atoms with Crippen molar-refractivity contribution in [2.75, 3.05) is 0 Å². The normalized spacial score (nSPS) is 22.6. The van der Waals surface area contributed by atoms with Crippen molar-refractivity contribution in [2.24, 2.45) is 11.8 Å². The number of aliphatic carboxylic acids is 1. The quantitative estimate of drug-likeness (QED) is 0.840. The lowest BCUT2D eigenvalue weighted by Crippen LogP contribution is -2.39. The van der Waals surface area contributed by atoms with Crippen LogP contribution in [0.4, 0.5) is 0 Å². The van der Waals surface area contributed by atoms with E-state index in [0.29, 0.717) is 17.9 Å². The summed E-state index contributed by atoms with van der Waals surface area (Å²) in [5, 5.41) is 12.7. The highest BCUT2D eigenvalue weighted by Gasteiger charge is 2.34. The zero-order valence-corrected chi connectivity index (χ0v) is 12.5. The zero-order valence-electron chi connectivity index (χ0n) is 11.8. The second kappa shape index (κ2) is 6.76. The van der Waals surface area contributed by atoms with Crippen LogP contribution < -0.4 is 5.32 Å². The molecule has 2 N–H and O–H groups in total. The first-order valence-corrected chi connectivity index (χ1v) is 7.30. The van der Waals surface area contributed by atoms with Gasteiger partial charge in [0.05, 0.1) is 17.9 Å². The maximum atomic E-state index is 12.3. The number of allylic oxidation sites excluding steroid dienone is 2. The van der Waals surface area contributed by atoms with E-state index in [-0.39, 0.29) is 11.9 Å². The Balaban J connectivity index is 2.04. The first-order chi connectivity index (χ1) is 9.99. The van der Waals surface area contributed by atoms with Crippen LogP contribution in [0.15, 0.2) is 36.4 Å². The number of hydrogen-bond donors (Lipinski definition) is 2. The van der Waals surface area contributed by atoms with Gasteiger partial charge in [0.2, 0.25) is 5.91 Å². The Bertz CT molecular complexity index is 553. The van der Waals surface area contributed by atoms with Gasteiger partial charge in [-0.05, 0) is 37.5 Å². The van der Waals surface area contributed by atoms with Crippen molar-refractivity contribution < 1.29 is 14.7 Å². The van der Waals surface area contributed by atoms with E-state index < -0.39 is 17.8 Å². The SMILES string of the molecule is C[C@@H](NC(=O)[C@@H]1CC=CC[C@@H]1C(=O)O)c1ccc(Cl)cc1. The number of nitrogens with one attached hydrogen (secondary N) is 1. The maximum Gasteiger partial charge on any atom is 0.307 e. The summed E-state index contributed by atoms with van der Waals surface area (Å²) in [5.41, 5.74) is 0.936. The molecule has 2 rings (SSSR count). The number of halogens is 1. The summed E-state index contributed by atoms with van der Waals surface area (Å²) < 4.78 is 0. The summed E-state index contributed by atoms with van der Waals surface area (Å²) in [6.45, 7) is 1.87. The van der Waals surface area contributed by atoms with Gasteiger partial charge in [-0.1, -0.05) is 35.9 Å². The summed E-state index contributed by atoms with van der Waals surface area (Å²) >= 11 is 5.84. The topological polar surface area (TPSA) is 66.4 Å². The fourth-order valence-corrected chi connectivity index (χ4v) is 2.66. The van der Waals surface area contributed by atoms with Gasteiger partial charge >= 0.3 is 5.97 Å². The van der Waals surface area contributed by atoms with Crippen LogP contribution in [-0.2, 0) is 9.59 Å². The van der Waals surface area contributed by atoms with Crippen LogP contribution in [0.25, 0.3) is 0 Å². The molecule has 1 aromatic carbocycles. The van der Waals surface area contributed by atoms with Gasteiger partial charge in [0, 0.05) is 5.02 Å². The highest BCUT2D eigenvalue weighted by atomic mass is 35.5. The third kappa shape index (κ3) is 3.85. The summed E-state index contributed by atoms with van der Waals surface area (Å²) in [6, 6.07) is 7.05. The van der Waals surface area contributed by atoms with Gasteiger partial charge in [0.1, 0.15) is 0 Å². The van der Waals surface area contributed by atoms with Gasteiger partial charge in [-0.2, -0.15) is 0 Å². The smallest absolute Gasteiger partial charge is 0.307 e. The molecule has 3 atom stereocenters. The summed E-state index contributed by atoms with van der Waals surface area (Å²) in [7, 11) is 0. The fraction of sp³-hybridized carbons (Fsp3) is 0.375. The average Bonchev–Trinajstić information content (AvgIpc) is 2.47. The monoisotopic (exact) mass is 307 g/mol. The first kappa shape index (κ1) is 15.6. The minimum atomic E-state index is -0.918. The Labute approximate surface area is 128 Å². The molecular weight excluding hydrogens is 290 g/mol. The molecule has 4 nitrogen and oxygen atoms in total. The predicted octanol–water partition coefficient (Wildman–Crippen LogP) is 3.18. The Morgan fingerprint density at radius 3 is 2.33 bits per heavy atom. The molecule has 21 heavy (non-hydrogen) atoms. The van der Waals surface area contributed by atoms with Gasteiger partial charge in [-0.3, -0.25) is 9.59 Å². The average molecular weight is 308 g/mol. The molecule has 112 valence electrons. The lowest BCUT2D eigenvalue weighted by atomic mass is 9.82. The standard InChI is InChI=1S/C16H18ClNO3/c1-10(11-6-8-12(17)9-7-11)18-15(19)13-4-2-3-5-14(13)16(20)21/h2-3,6-10,13-14H,4-5H2,1H3,(H,18,19)(H,20,21)/t10-,13-,14+/m1/s1. The van der Waals surface area contributed by atoms with E-state index in [1.807, 2.05) is 31.2 Å². The van der Waals surface area contributed by atoms with E-state index in [1.165, 1.54) is 0 Å². The molecule has 5 heteroatoms. The third-order valence-electron chi connectivity index (χ3n) is 3.82. The molecule has 0 bridgehead atoms. The number of carbonyl (C=O) groups excluding carboxylic acids is 1. The molecule has 0 fully saturated rings. The highest BCUT2D eigenvalue weighted by Crippen LogP contribution is 2.27. The fourth-order valence-electron chi connectivity index (χ4n) is 2.53. The molecule has 0 aliphatic heterocycles. The maximum absolute atomic E-state index is 12.3. The van der Waals surface area contributed by atoms with Gasteiger partial charge in [0.25, 0.3) is 0 Å². The van der Waals surface area contributed by atoms with E-state index in [2.05, 4.69) is 5.32 Å². The number of carbonyl (C=O) groups is 2. The number of benzene rings is 1. The molecule has 0 spiro atoms. The van der Waals surface area contributed by atoms with Gasteiger partial charge < -0.3 is 10.4 Å². The van der Waals surface area contributed by atoms with E-state index in [4.69, 9.17) is 11.6 Å². The highest BCUT2D eigenvalue weighted by molar-refractivity contribution is 6.30. The second-order valence-corrected chi connectivity index (χ2v) is 5.71. The summed E-state index contributed by atoms with van der Waals surface area (Å²) in [5.74, 6) is -2.29. The number of carboxylic acids is 1. The zero-order chi connectivity index (χ0) is 15.4. The van der Waals surface area contributed by atoms with Crippen molar-refractivity contribution in [3.8, 4) is 0 Å². The Kier molecular flexibility index (Phi) is 5.02. The predicted molar refractivity (Wildman–Crippen MR) is 81.0 cm³/mol. The van der Waals surface area contributed by atoms with Crippen molar-refractivity contribution in [1.29, 1.82) is 0 Å². The number of carboxylic acid groups (broad SMARTS) is 1. The van der Waals surface area contributed by atoms with Gasteiger partial charge in [0.15, 0.2) is 0 Å². The third-order valence-corrected chi connectivity index (χ3v) is 4.07.